The fraction of sp³-hybridized carbons (Fsp3) is 0.778. The van der Waals surface area contributed by atoms with Gasteiger partial charge >= 0.3 is 0 Å². The number of aliphatic hydroxyl groups excluding tert-OH is 2. The number of ketones is 1. The van der Waals surface area contributed by atoms with E-state index >= 15 is 0 Å². The van der Waals surface area contributed by atoms with Crippen LogP contribution < -0.4 is 4.90 Å². The lowest BCUT2D eigenvalue weighted by Gasteiger charge is -2.64. The number of fused-ring (bicyclic) bond motifs is 4. The SMILES string of the molecule is C=C1C(=O)[C@@]23[C@H](O)C[C@@H]4C(C)(C)c5nc(N(C(C)C)C(C)C)sc5C[C@@]4(C)[C@@H]2CC[C@@H]1[C@H]3O. The van der Waals surface area contributed by atoms with Gasteiger partial charge in [0.05, 0.1) is 23.3 Å². The molecule has 2 N–H and O–H groups in total. The summed E-state index contributed by atoms with van der Waals surface area (Å²) in [7, 11) is 0. The maximum atomic E-state index is 13.6. The summed E-state index contributed by atoms with van der Waals surface area (Å²) in [5.74, 6) is -0.138. The molecular formula is C27H40N2O3S. The van der Waals surface area contributed by atoms with Crippen LogP contribution in [0.1, 0.15) is 78.3 Å². The number of carbonyl (C=O) groups is 1. The number of Topliss-reactive ketones (excluding diaryl/α,β-unsaturated/α-hetero) is 1. The van der Waals surface area contributed by atoms with Crippen molar-refractivity contribution in [3.05, 3.63) is 22.7 Å². The van der Waals surface area contributed by atoms with Gasteiger partial charge in [0.15, 0.2) is 10.9 Å². The summed E-state index contributed by atoms with van der Waals surface area (Å²) in [4.78, 5) is 22.5. The molecule has 0 radical (unpaired) electrons. The van der Waals surface area contributed by atoms with Gasteiger partial charge in [-0.05, 0) is 76.2 Å². The number of hydrogen-bond acceptors (Lipinski definition) is 6. The number of hydrogen-bond donors (Lipinski definition) is 2. The first-order valence-corrected chi connectivity index (χ1v) is 13.5. The number of carbonyl (C=O) groups excluding carboxylic acids is 1. The molecule has 5 rings (SSSR count). The first-order valence-electron chi connectivity index (χ1n) is 12.7. The second-order valence-electron chi connectivity index (χ2n) is 12.5. The van der Waals surface area contributed by atoms with Gasteiger partial charge in [0.1, 0.15) is 0 Å². The Labute approximate surface area is 202 Å². The topological polar surface area (TPSA) is 73.7 Å². The standard InChI is InChI=1S/C27H40N2O3S/c1-13(2)29(14(3)4)24-28-21-17(33-24)12-26(8)18-10-9-16-15(5)22(31)27(18,23(16)32)20(30)11-19(26)25(21,6)7/h13-14,16,18-20,23,30,32H,5,9-12H2,1-4,6-8H3/t16-,18-,19+,20+,23+,26-,27-/m0/s1. The molecule has 0 aliphatic heterocycles. The van der Waals surface area contributed by atoms with E-state index in [1.165, 1.54) is 4.88 Å². The molecule has 2 bridgehead atoms. The van der Waals surface area contributed by atoms with Crippen molar-refractivity contribution in [1.29, 1.82) is 0 Å². The van der Waals surface area contributed by atoms with Crippen molar-refractivity contribution in [3.8, 4) is 0 Å². The zero-order chi connectivity index (χ0) is 24.2. The van der Waals surface area contributed by atoms with Gasteiger partial charge in [-0.15, -0.1) is 11.3 Å². The molecule has 1 aromatic heterocycles. The van der Waals surface area contributed by atoms with Crippen molar-refractivity contribution < 1.29 is 15.0 Å². The zero-order valence-electron chi connectivity index (χ0n) is 21.2. The lowest BCUT2D eigenvalue weighted by Crippen LogP contribution is -2.68. The molecule has 0 saturated heterocycles. The van der Waals surface area contributed by atoms with E-state index in [-0.39, 0.29) is 34.4 Å². The Balaban J connectivity index is 1.65. The van der Waals surface area contributed by atoms with Crippen LogP contribution in [-0.4, -0.2) is 45.3 Å². The smallest absolute Gasteiger partial charge is 0.186 e. The minimum atomic E-state index is -1.09. The van der Waals surface area contributed by atoms with Gasteiger partial charge in [-0.25, -0.2) is 4.98 Å². The Hall–Kier alpha value is -1.24. The van der Waals surface area contributed by atoms with Gasteiger partial charge in [-0.1, -0.05) is 27.4 Å². The van der Waals surface area contributed by atoms with E-state index in [1.54, 1.807) is 11.3 Å². The van der Waals surface area contributed by atoms with E-state index in [0.29, 0.717) is 24.1 Å². The van der Waals surface area contributed by atoms with Crippen LogP contribution in [0.15, 0.2) is 12.2 Å². The molecule has 3 saturated carbocycles. The van der Waals surface area contributed by atoms with Crippen LogP contribution in [0.5, 0.6) is 0 Å². The number of rotatable bonds is 3. The van der Waals surface area contributed by atoms with Crippen LogP contribution in [0.25, 0.3) is 0 Å². The van der Waals surface area contributed by atoms with Crippen LogP contribution in [-0.2, 0) is 16.6 Å². The first kappa shape index (κ1) is 23.5. The molecule has 1 heterocycles. The number of thiazole rings is 1. The van der Waals surface area contributed by atoms with Gasteiger partial charge in [-0.2, -0.15) is 0 Å². The highest BCUT2D eigenvalue weighted by Crippen LogP contribution is 2.70. The number of nitrogens with zero attached hydrogens (tertiary/aromatic N) is 2. The third-order valence-electron chi connectivity index (χ3n) is 9.99. The van der Waals surface area contributed by atoms with Crippen molar-refractivity contribution in [2.75, 3.05) is 4.90 Å². The predicted molar refractivity (Wildman–Crippen MR) is 133 cm³/mol. The normalized spacial score (nSPS) is 41.2. The zero-order valence-corrected chi connectivity index (χ0v) is 22.0. The van der Waals surface area contributed by atoms with Gasteiger partial charge in [-0.3, -0.25) is 4.79 Å². The summed E-state index contributed by atoms with van der Waals surface area (Å²) < 4.78 is 0. The molecule has 3 fully saturated rings. The second kappa shape index (κ2) is 7.14. The summed E-state index contributed by atoms with van der Waals surface area (Å²) in [6.07, 6.45) is 1.36. The average molecular weight is 473 g/mol. The highest BCUT2D eigenvalue weighted by molar-refractivity contribution is 7.15. The fourth-order valence-electron chi connectivity index (χ4n) is 8.76. The number of anilines is 1. The van der Waals surface area contributed by atoms with E-state index in [1.807, 2.05) is 0 Å². The summed E-state index contributed by atoms with van der Waals surface area (Å²) in [5.41, 5.74) is 0.197. The maximum absolute atomic E-state index is 13.6. The quantitative estimate of drug-likeness (QED) is 0.634. The number of aromatic nitrogens is 1. The third kappa shape index (κ3) is 2.72. The molecular weight excluding hydrogens is 432 g/mol. The van der Waals surface area contributed by atoms with Crippen LogP contribution in [0.3, 0.4) is 0 Å². The van der Waals surface area contributed by atoms with Crippen LogP contribution in [0.4, 0.5) is 5.13 Å². The van der Waals surface area contributed by atoms with Gasteiger partial charge in [0, 0.05) is 28.3 Å². The Morgan fingerprint density at radius 3 is 2.33 bits per heavy atom. The van der Waals surface area contributed by atoms with E-state index in [4.69, 9.17) is 4.98 Å². The van der Waals surface area contributed by atoms with Crippen molar-refractivity contribution in [2.45, 2.75) is 104 Å². The predicted octanol–water partition coefficient (Wildman–Crippen LogP) is 4.50. The molecule has 33 heavy (non-hydrogen) atoms. The maximum Gasteiger partial charge on any atom is 0.186 e. The Kier molecular flexibility index (Phi) is 5.09. The summed E-state index contributed by atoms with van der Waals surface area (Å²) in [6, 6.07) is 0.715. The third-order valence-corrected chi connectivity index (χ3v) is 11.1. The van der Waals surface area contributed by atoms with Gasteiger partial charge < -0.3 is 15.1 Å². The van der Waals surface area contributed by atoms with E-state index in [9.17, 15) is 15.0 Å². The molecule has 0 unspecified atom stereocenters. The van der Waals surface area contributed by atoms with Gasteiger partial charge in [0.25, 0.3) is 0 Å². The van der Waals surface area contributed by atoms with E-state index in [0.717, 1.165) is 30.1 Å². The van der Waals surface area contributed by atoms with Crippen molar-refractivity contribution in [2.24, 2.45) is 28.6 Å². The fourth-order valence-corrected chi connectivity index (χ4v) is 10.4. The minimum absolute atomic E-state index is 0.0546. The van der Waals surface area contributed by atoms with Crippen LogP contribution in [0, 0.1) is 28.6 Å². The lowest BCUT2D eigenvalue weighted by molar-refractivity contribution is -0.212. The Bertz CT molecular complexity index is 1010. The summed E-state index contributed by atoms with van der Waals surface area (Å²) in [6.45, 7) is 19.8. The highest BCUT2D eigenvalue weighted by Gasteiger charge is 2.74. The summed E-state index contributed by atoms with van der Waals surface area (Å²) in [5, 5.41) is 24.0. The molecule has 7 atom stereocenters. The molecule has 4 aliphatic rings. The Morgan fingerprint density at radius 1 is 1.09 bits per heavy atom. The Morgan fingerprint density at radius 2 is 1.73 bits per heavy atom. The molecule has 1 aromatic rings. The lowest BCUT2D eigenvalue weighted by atomic mass is 9.40. The van der Waals surface area contributed by atoms with Gasteiger partial charge in [0.2, 0.25) is 0 Å². The van der Waals surface area contributed by atoms with Crippen molar-refractivity contribution >= 4 is 22.3 Å². The highest BCUT2D eigenvalue weighted by atomic mass is 32.1. The van der Waals surface area contributed by atoms with E-state index < -0.39 is 17.6 Å². The molecule has 0 amide bonds. The molecule has 1 spiro atoms. The summed E-state index contributed by atoms with van der Waals surface area (Å²) >= 11 is 1.80. The number of aliphatic hydroxyl groups is 2. The monoisotopic (exact) mass is 472 g/mol. The molecule has 5 nitrogen and oxygen atoms in total. The minimum Gasteiger partial charge on any atom is -0.392 e. The van der Waals surface area contributed by atoms with Crippen LogP contribution >= 0.6 is 11.3 Å². The van der Waals surface area contributed by atoms with Crippen molar-refractivity contribution in [1.82, 2.24) is 4.98 Å². The molecule has 6 heteroatoms. The average Bonchev–Trinajstić information content (AvgIpc) is 3.15. The first-order chi connectivity index (χ1) is 15.3. The molecule has 182 valence electrons. The largest absolute Gasteiger partial charge is 0.392 e. The molecule has 0 aromatic carbocycles. The van der Waals surface area contributed by atoms with E-state index in [2.05, 4.69) is 59.9 Å². The van der Waals surface area contributed by atoms with Crippen LogP contribution in [0.2, 0.25) is 0 Å². The van der Waals surface area contributed by atoms with Crippen molar-refractivity contribution in [3.63, 3.8) is 0 Å². The second-order valence-corrected chi connectivity index (χ2v) is 13.6. The molecule has 4 aliphatic carbocycles.